The highest BCUT2D eigenvalue weighted by Gasteiger charge is 2.12. The van der Waals surface area contributed by atoms with Crippen molar-refractivity contribution in [3.63, 3.8) is 0 Å². The zero-order valence-electron chi connectivity index (χ0n) is 12.0. The van der Waals surface area contributed by atoms with Gasteiger partial charge < -0.3 is 5.32 Å². The van der Waals surface area contributed by atoms with Gasteiger partial charge in [0, 0.05) is 15.6 Å². The molecule has 0 aliphatic rings. The Morgan fingerprint density at radius 2 is 2.15 bits per heavy atom. The van der Waals surface area contributed by atoms with Crippen LogP contribution in [0, 0.1) is 5.82 Å². The number of allylic oxidation sites excluding steroid dienone is 1. The first kappa shape index (κ1) is 15.2. The van der Waals surface area contributed by atoms with Gasteiger partial charge in [-0.1, -0.05) is 18.9 Å². The number of thiophene rings is 1. The molecule has 0 aliphatic carbocycles. The van der Waals surface area contributed by atoms with Crippen molar-refractivity contribution in [2.24, 2.45) is 0 Å². The lowest BCUT2D eigenvalue weighted by molar-refractivity contribution is 0.514. The van der Waals surface area contributed by atoms with E-state index in [4.69, 9.17) is 0 Å². The molecule has 0 amide bonds. The molecule has 2 aromatic rings. The molecule has 1 N–H and O–H groups in total. The van der Waals surface area contributed by atoms with Gasteiger partial charge in [0.1, 0.15) is 5.82 Å². The summed E-state index contributed by atoms with van der Waals surface area (Å²) in [5.74, 6) is -0.160. The normalized spacial score (nSPS) is 12.7. The number of nitrogens with one attached hydrogen (secondary N) is 1. The molecule has 0 aliphatic heterocycles. The maximum Gasteiger partial charge on any atom is 0.123 e. The van der Waals surface area contributed by atoms with Gasteiger partial charge >= 0.3 is 0 Å². The third kappa shape index (κ3) is 3.90. The van der Waals surface area contributed by atoms with E-state index in [-0.39, 0.29) is 5.82 Å². The highest BCUT2D eigenvalue weighted by molar-refractivity contribution is 7.19. The van der Waals surface area contributed by atoms with Crippen LogP contribution in [0.4, 0.5) is 4.39 Å². The Morgan fingerprint density at radius 3 is 2.90 bits per heavy atom. The monoisotopic (exact) mass is 291 g/mol. The molecule has 1 aromatic carbocycles. The number of halogens is 1. The lowest BCUT2D eigenvalue weighted by Gasteiger charge is -2.13. The van der Waals surface area contributed by atoms with Gasteiger partial charge in [0.15, 0.2) is 0 Å². The summed E-state index contributed by atoms with van der Waals surface area (Å²) in [5.41, 5.74) is 0. The highest BCUT2D eigenvalue weighted by Crippen LogP contribution is 2.32. The second-order valence-corrected chi connectivity index (χ2v) is 6.21. The Bertz CT molecular complexity index is 561. The summed E-state index contributed by atoms with van der Waals surface area (Å²) in [5, 5.41) is 4.39. The van der Waals surface area contributed by atoms with E-state index in [1.807, 2.05) is 19.2 Å². The molecular formula is C17H22FNS. The van der Waals surface area contributed by atoms with E-state index >= 15 is 0 Å². The average Bonchev–Trinajstić information content (AvgIpc) is 2.85. The predicted octanol–water partition coefficient (Wildman–Crippen LogP) is 5.44. The van der Waals surface area contributed by atoms with Crippen LogP contribution in [0.15, 0.2) is 36.9 Å². The minimum Gasteiger partial charge on any atom is -0.312 e. The summed E-state index contributed by atoms with van der Waals surface area (Å²) in [6, 6.07) is 7.52. The van der Waals surface area contributed by atoms with Gasteiger partial charge in [-0.2, -0.15) is 0 Å². The number of fused-ring (bicyclic) bond motifs is 1. The van der Waals surface area contributed by atoms with Crippen molar-refractivity contribution in [2.75, 3.05) is 7.05 Å². The first-order chi connectivity index (χ1) is 9.74. The summed E-state index contributed by atoms with van der Waals surface area (Å²) in [6.07, 6.45) is 7.88. The summed E-state index contributed by atoms with van der Waals surface area (Å²) in [6.45, 7) is 3.75. The maximum atomic E-state index is 13.2. The van der Waals surface area contributed by atoms with Crippen molar-refractivity contribution >= 4 is 21.4 Å². The van der Waals surface area contributed by atoms with Crippen molar-refractivity contribution in [3.05, 3.63) is 47.6 Å². The fourth-order valence-electron chi connectivity index (χ4n) is 2.45. The first-order valence-corrected chi connectivity index (χ1v) is 8.03. The fourth-order valence-corrected chi connectivity index (χ4v) is 3.64. The SMILES string of the molecule is C=CCCCCCC(NC)c1cc2cc(F)ccc2s1. The van der Waals surface area contributed by atoms with E-state index in [2.05, 4.69) is 18.0 Å². The average molecular weight is 291 g/mol. The van der Waals surface area contributed by atoms with Gasteiger partial charge in [0.25, 0.3) is 0 Å². The molecular weight excluding hydrogens is 269 g/mol. The Balaban J connectivity index is 1.99. The van der Waals surface area contributed by atoms with Crippen LogP contribution in [-0.4, -0.2) is 7.05 Å². The fraction of sp³-hybridized carbons (Fsp3) is 0.412. The molecule has 1 atom stereocenters. The number of hydrogen-bond donors (Lipinski definition) is 1. The van der Waals surface area contributed by atoms with Gasteiger partial charge in [-0.3, -0.25) is 0 Å². The quantitative estimate of drug-likeness (QED) is 0.504. The third-order valence-electron chi connectivity index (χ3n) is 3.59. The van der Waals surface area contributed by atoms with Crippen LogP contribution in [0.5, 0.6) is 0 Å². The molecule has 0 saturated carbocycles. The van der Waals surface area contributed by atoms with Gasteiger partial charge in [-0.25, -0.2) is 4.39 Å². The van der Waals surface area contributed by atoms with Crippen LogP contribution >= 0.6 is 11.3 Å². The Labute approximate surface area is 124 Å². The molecule has 0 saturated heterocycles. The van der Waals surface area contributed by atoms with Crippen molar-refractivity contribution in [2.45, 2.75) is 38.1 Å². The van der Waals surface area contributed by atoms with Crippen molar-refractivity contribution in [3.8, 4) is 0 Å². The molecule has 0 fully saturated rings. The van der Waals surface area contributed by atoms with E-state index in [1.165, 1.54) is 30.2 Å². The van der Waals surface area contributed by atoms with Gasteiger partial charge in [0.2, 0.25) is 0 Å². The molecule has 108 valence electrons. The van der Waals surface area contributed by atoms with Crippen molar-refractivity contribution in [1.82, 2.24) is 5.32 Å². The summed E-state index contributed by atoms with van der Waals surface area (Å²) in [7, 11) is 2.00. The number of benzene rings is 1. The Kier molecular flexibility index (Phi) is 5.74. The lowest BCUT2D eigenvalue weighted by Crippen LogP contribution is -2.14. The van der Waals surface area contributed by atoms with Crippen molar-refractivity contribution in [1.29, 1.82) is 0 Å². The van der Waals surface area contributed by atoms with Gasteiger partial charge in [0.05, 0.1) is 0 Å². The van der Waals surface area contributed by atoms with Crippen LogP contribution < -0.4 is 5.32 Å². The molecule has 3 heteroatoms. The molecule has 0 spiro atoms. The molecule has 1 nitrogen and oxygen atoms in total. The predicted molar refractivity (Wildman–Crippen MR) is 86.9 cm³/mol. The van der Waals surface area contributed by atoms with Crippen molar-refractivity contribution < 1.29 is 4.39 Å². The highest BCUT2D eigenvalue weighted by atomic mass is 32.1. The molecule has 20 heavy (non-hydrogen) atoms. The number of unbranched alkanes of at least 4 members (excludes halogenated alkanes) is 3. The zero-order valence-corrected chi connectivity index (χ0v) is 12.8. The topological polar surface area (TPSA) is 12.0 Å². The Hall–Kier alpha value is -1.19. The summed E-state index contributed by atoms with van der Waals surface area (Å²) in [4.78, 5) is 1.30. The number of hydrogen-bond acceptors (Lipinski definition) is 2. The summed E-state index contributed by atoms with van der Waals surface area (Å²) >= 11 is 1.76. The minimum atomic E-state index is -0.160. The van der Waals surface area contributed by atoms with Gasteiger partial charge in [-0.05, 0) is 56.0 Å². The van der Waals surface area contributed by atoms with Crippen LogP contribution in [0.2, 0.25) is 0 Å². The van der Waals surface area contributed by atoms with Crippen LogP contribution in [-0.2, 0) is 0 Å². The zero-order chi connectivity index (χ0) is 14.4. The van der Waals surface area contributed by atoms with E-state index in [0.717, 1.165) is 22.9 Å². The molecule has 1 aromatic heterocycles. The summed E-state index contributed by atoms with van der Waals surface area (Å²) < 4.78 is 14.4. The van der Waals surface area contributed by atoms with E-state index in [0.29, 0.717) is 6.04 Å². The maximum absolute atomic E-state index is 13.2. The molecule has 0 bridgehead atoms. The lowest BCUT2D eigenvalue weighted by atomic mass is 10.1. The number of rotatable bonds is 8. The minimum absolute atomic E-state index is 0.160. The largest absolute Gasteiger partial charge is 0.312 e. The van der Waals surface area contributed by atoms with E-state index in [9.17, 15) is 4.39 Å². The molecule has 0 radical (unpaired) electrons. The smallest absolute Gasteiger partial charge is 0.123 e. The molecule has 2 rings (SSSR count). The van der Waals surface area contributed by atoms with E-state index in [1.54, 1.807) is 17.4 Å². The van der Waals surface area contributed by atoms with Crippen LogP contribution in [0.25, 0.3) is 10.1 Å². The standard InChI is InChI=1S/C17H22FNS/c1-3-4-5-6-7-8-15(19-2)17-12-13-11-14(18)9-10-16(13)20-17/h3,9-12,15,19H,1,4-8H2,2H3. The molecule has 1 heterocycles. The second-order valence-electron chi connectivity index (χ2n) is 5.10. The van der Waals surface area contributed by atoms with Gasteiger partial charge in [-0.15, -0.1) is 17.9 Å². The van der Waals surface area contributed by atoms with E-state index < -0.39 is 0 Å². The third-order valence-corrected chi connectivity index (χ3v) is 4.82. The second kappa shape index (κ2) is 7.55. The van der Waals surface area contributed by atoms with Crippen LogP contribution in [0.1, 0.15) is 43.0 Å². The molecule has 1 unspecified atom stereocenters. The Morgan fingerprint density at radius 1 is 1.30 bits per heavy atom. The first-order valence-electron chi connectivity index (χ1n) is 7.21. The van der Waals surface area contributed by atoms with Crippen LogP contribution in [0.3, 0.4) is 0 Å².